The minimum atomic E-state index is -1.28. The lowest BCUT2D eigenvalue weighted by atomic mass is 10.0. The van der Waals surface area contributed by atoms with Crippen molar-refractivity contribution in [3.05, 3.63) is 65.1 Å². The van der Waals surface area contributed by atoms with Crippen LogP contribution in [0.4, 0.5) is 4.79 Å². The minimum Gasteiger partial charge on any atom is -0.477 e. The number of nitrogens with one attached hydrogen (secondary N) is 3. The number of carboxylic acids is 1. The van der Waals surface area contributed by atoms with E-state index in [2.05, 4.69) is 46.8 Å². The van der Waals surface area contributed by atoms with Crippen molar-refractivity contribution in [1.29, 1.82) is 0 Å². The number of benzene rings is 1. The number of thioether (sulfide) groups is 2. The summed E-state index contributed by atoms with van der Waals surface area (Å²) in [6.45, 7) is 0.219. The van der Waals surface area contributed by atoms with Crippen LogP contribution in [-0.2, 0) is 25.7 Å². The molecule has 1 saturated heterocycles. The van der Waals surface area contributed by atoms with Gasteiger partial charge in [0.05, 0.1) is 0 Å². The summed E-state index contributed by atoms with van der Waals surface area (Å²) in [4.78, 5) is 66.6. The zero-order valence-electron chi connectivity index (χ0n) is 23.1. The second-order valence-electron chi connectivity index (χ2n) is 9.86. The summed E-state index contributed by atoms with van der Waals surface area (Å²) in [5, 5.41) is 40.2. The number of fused-ring (bicyclic) bond motifs is 1. The van der Waals surface area contributed by atoms with E-state index in [1.54, 1.807) is 42.5 Å². The average molecular weight is 653 g/mol. The number of carbonyl (C=O) groups excluding carboxylic acids is 4. The van der Waals surface area contributed by atoms with Crippen LogP contribution >= 0.6 is 23.5 Å². The number of amides is 5. The van der Waals surface area contributed by atoms with Crippen molar-refractivity contribution in [2.75, 3.05) is 18.1 Å². The van der Waals surface area contributed by atoms with Gasteiger partial charge in [-0.25, -0.2) is 14.3 Å². The van der Waals surface area contributed by atoms with E-state index in [9.17, 15) is 29.1 Å². The van der Waals surface area contributed by atoms with E-state index in [1.807, 2.05) is 0 Å². The van der Waals surface area contributed by atoms with Gasteiger partial charge in [0.15, 0.2) is 5.82 Å². The molecule has 3 aromatic rings. The molecule has 1 fully saturated rings. The number of hydrogen-bond acceptors (Lipinski definition) is 13. The molecule has 1 unspecified atom stereocenters. The largest absolute Gasteiger partial charge is 0.477 e. The first kappa shape index (κ1) is 29.9. The standard InChI is InChI=1S/C25H24N12O6S2/c38-16-8-4-5-9-35(16)24(43)27-17(13-6-2-1-3-7-13)20(39)26-18-21(40)37-19(23(41)42)14(11-44-22(18)37)12-45-25-30-33-34-36(25)10-15-28-31-32-29-15/h1-7,17-18,22H,8-12H2,(H,26,39)(H,27,43)(H,41,42)(H,28,29,31,32)/t17?,18-,22+/m1/s1. The first-order chi connectivity index (χ1) is 21.8. The number of nitrogens with zero attached hydrogens (tertiary/aromatic N) is 9. The van der Waals surface area contributed by atoms with E-state index in [4.69, 9.17) is 0 Å². The Labute approximate surface area is 262 Å². The van der Waals surface area contributed by atoms with Crippen LogP contribution in [-0.4, -0.2) is 115 Å². The number of hydrogen-bond donors (Lipinski definition) is 4. The average Bonchev–Trinajstić information content (AvgIpc) is 3.73. The maximum Gasteiger partial charge on any atom is 0.352 e. The first-order valence-corrected chi connectivity index (χ1v) is 15.5. The maximum atomic E-state index is 13.5. The molecule has 0 radical (unpaired) electrons. The van der Waals surface area contributed by atoms with Crippen LogP contribution < -0.4 is 10.6 Å². The highest BCUT2D eigenvalue weighted by Gasteiger charge is 2.54. The quantitative estimate of drug-likeness (QED) is 0.121. The number of aromatic nitrogens is 8. The van der Waals surface area contributed by atoms with Gasteiger partial charge in [0.25, 0.3) is 5.91 Å². The Hall–Kier alpha value is -5.11. The number of tetrazole rings is 2. The molecule has 45 heavy (non-hydrogen) atoms. The van der Waals surface area contributed by atoms with Gasteiger partial charge in [0.2, 0.25) is 17.0 Å². The van der Waals surface area contributed by atoms with E-state index in [0.717, 1.165) is 9.80 Å². The number of aliphatic carboxylic acids is 1. The summed E-state index contributed by atoms with van der Waals surface area (Å²) in [5.41, 5.74) is 0.759. The summed E-state index contributed by atoms with van der Waals surface area (Å²) in [5.74, 6) is -2.16. The van der Waals surface area contributed by atoms with Crippen molar-refractivity contribution in [2.24, 2.45) is 0 Å². The lowest BCUT2D eigenvalue weighted by molar-refractivity contribution is -0.151. The lowest BCUT2D eigenvalue weighted by Gasteiger charge is -2.49. The van der Waals surface area contributed by atoms with Gasteiger partial charge in [0, 0.05) is 24.5 Å². The highest BCUT2D eigenvalue weighted by Crippen LogP contribution is 2.41. The molecular weight excluding hydrogens is 628 g/mol. The number of carbonyl (C=O) groups is 5. The molecular formula is C25H24N12O6S2. The molecule has 1 aromatic carbocycles. The molecule has 2 aromatic heterocycles. The molecule has 0 spiro atoms. The summed E-state index contributed by atoms with van der Waals surface area (Å²) >= 11 is 2.49. The maximum absolute atomic E-state index is 13.5. The Morgan fingerprint density at radius 2 is 1.98 bits per heavy atom. The van der Waals surface area contributed by atoms with E-state index < -0.39 is 47.2 Å². The smallest absolute Gasteiger partial charge is 0.352 e. The molecule has 3 aliphatic heterocycles. The van der Waals surface area contributed by atoms with Gasteiger partial charge in [-0.15, -0.1) is 27.1 Å². The number of carboxylic acid groups (broad SMARTS) is 1. The molecule has 3 atom stereocenters. The van der Waals surface area contributed by atoms with Gasteiger partial charge in [-0.3, -0.25) is 24.2 Å². The molecule has 5 heterocycles. The Morgan fingerprint density at radius 1 is 1.16 bits per heavy atom. The predicted octanol–water partition coefficient (Wildman–Crippen LogP) is -0.695. The van der Waals surface area contributed by atoms with Gasteiger partial charge in [0.1, 0.15) is 29.7 Å². The van der Waals surface area contributed by atoms with Gasteiger partial charge < -0.3 is 15.7 Å². The third-order valence-electron chi connectivity index (χ3n) is 7.06. The highest BCUT2D eigenvalue weighted by molar-refractivity contribution is 8.01. The Morgan fingerprint density at radius 3 is 2.71 bits per heavy atom. The molecule has 5 amide bonds. The van der Waals surface area contributed by atoms with Crippen LogP contribution in [0.25, 0.3) is 0 Å². The van der Waals surface area contributed by atoms with Crippen LogP contribution in [0.5, 0.6) is 0 Å². The van der Waals surface area contributed by atoms with Crippen molar-refractivity contribution in [1.82, 2.24) is 61.3 Å². The molecule has 20 heteroatoms. The van der Waals surface area contributed by atoms with Gasteiger partial charge in [-0.05, 0) is 21.6 Å². The molecule has 232 valence electrons. The van der Waals surface area contributed by atoms with Crippen molar-refractivity contribution in [2.45, 2.75) is 35.6 Å². The summed E-state index contributed by atoms with van der Waals surface area (Å²) in [6, 6.07) is 5.41. The molecule has 18 nitrogen and oxygen atoms in total. The van der Waals surface area contributed by atoms with Crippen molar-refractivity contribution in [3.63, 3.8) is 0 Å². The number of rotatable bonds is 10. The van der Waals surface area contributed by atoms with Crippen molar-refractivity contribution < 1.29 is 29.1 Å². The Balaban J connectivity index is 1.15. The summed E-state index contributed by atoms with van der Waals surface area (Å²) in [6.07, 6.45) is 3.41. The van der Waals surface area contributed by atoms with Gasteiger partial charge in [-0.2, -0.15) is 5.21 Å². The van der Waals surface area contributed by atoms with Crippen LogP contribution in [0.2, 0.25) is 0 Å². The van der Waals surface area contributed by atoms with E-state index in [1.165, 1.54) is 28.2 Å². The lowest BCUT2D eigenvalue weighted by Crippen LogP contribution is -2.71. The second-order valence-corrected chi connectivity index (χ2v) is 11.9. The fraction of sp³-hybridized carbons (Fsp3) is 0.320. The second kappa shape index (κ2) is 12.9. The van der Waals surface area contributed by atoms with Gasteiger partial charge >= 0.3 is 12.0 Å². The van der Waals surface area contributed by atoms with Crippen LogP contribution in [0, 0.1) is 0 Å². The molecule has 0 aliphatic carbocycles. The van der Waals surface area contributed by atoms with Crippen LogP contribution in [0.1, 0.15) is 23.9 Å². The first-order valence-electron chi connectivity index (χ1n) is 13.4. The van der Waals surface area contributed by atoms with E-state index in [-0.39, 0.29) is 36.7 Å². The number of urea groups is 1. The van der Waals surface area contributed by atoms with Crippen LogP contribution in [0.15, 0.2) is 58.9 Å². The van der Waals surface area contributed by atoms with E-state index >= 15 is 0 Å². The zero-order chi connectivity index (χ0) is 31.5. The van der Waals surface area contributed by atoms with Gasteiger partial charge in [-0.1, -0.05) is 59.5 Å². The SMILES string of the molecule is O=C(O)C1=C(CSc2nnnn2Cc2nn[nH]n2)CS[C@H]2[C@H](NC(=O)C(NC(=O)N3CC=CCC3=O)c3ccccc3)C(=O)N12. The number of aromatic amines is 1. The number of imide groups is 1. The third kappa shape index (κ3) is 6.13. The topological polar surface area (TPSA) is 234 Å². The number of H-pyrrole nitrogens is 1. The molecule has 6 rings (SSSR count). The van der Waals surface area contributed by atoms with Crippen molar-refractivity contribution >= 4 is 53.2 Å². The van der Waals surface area contributed by atoms with Crippen molar-refractivity contribution in [3.8, 4) is 0 Å². The summed E-state index contributed by atoms with van der Waals surface area (Å²) in [7, 11) is 0. The van der Waals surface area contributed by atoms with E-state index in [0.29, 0.717) is 22.1 Å². The molecule has 4 N–H and O–H groups in total. The fourth-order valence-electron chi connectivity index (χ4n) is 4.88. The normalized spacial score (nSPS) is 20.0. The van der Waals surface area contributed by atoms with Crippen LogP contribution in [0.3, 0.4) is 0 Å². The number of β-lactam (4-membered cyclic amide) rings is 1. The molecule has 3 aliphatic rings. The summed E-state index contributed by atoms with van der Waals surface area (Å²) < 4.78 is 1.44. The highest BCUT2D eigenvalue weighted by atomic mass is 32.2. The third-order valence-corrected chi connectivity index (χ3v) is 9.44. The fourth-order valence-corrected chi connectivity index (χ4v) is 7.25. The Bertz CT molecular complexity index is 1690. The Kier molecular flexibility index (Phi) is 8.56. The predicted molar refractivity (Wildman–Crippen MR) is 155 cm³/mol. The minimum absolute atomic E-state index is 0.0676. The molecule has 0 bridgehead atoms. The zero-order valence-corrected chi connectivity index (χ0v) is 24.8. The molecule has 0 saturated carbocycles. The monoisotopic (exact) mass is 652 g/mol.